The van der Waals surface area contributed by atoms with Gasteiger partial charge in [-0.1, -0.05) is 52.3 Å². The fraction of sp³-hybridized carbons (Fsp3) is 0.211. The maximum atomic E-state index is 12.8. The average molecular weight is 402 g/mol. The molecule has 25 heavy (non-hydrogen) atoms. The smallest absolute Gasteiger partial charge is 0.307 e. The number of fused-ring (bicyclic) bond motifs is 1. The second-order valence-corrected chi connectivity index (χ2v) is 6.26. The topological polar surface area (TPSA) is 63.7 Å². The molecule has 0 saturated carbocycles. The van der Waals surface area contributed by atoms with Crippen LogP contribution >= 0.6 is 15.9 Å². The largest absolute Gasteiger partial charge is 0.469 e. The molecule has 3 rings (SSSR count). The minimum absolute atomic E-state index is 0.0877. The number of carbonyl (C=O) groups excluding carboxylic acids is 3. The lowest BCUT2D eigenvalue weighted by Crippen LogP contribution is -2.35. The van der Waals surface area contributed by atoms with E-state index in [0.717, 1.165) is 10.5 Å². The number of imide groups is 1. The van der Waals surface area contributed by atoms with Crippen molar-refractivity contribution in [2.75, 3.05) is 7.11 Å². The lowest BCUT2D eigenvalue weighted by molar-refractivity contribution is -0.141. The number of carbonyl (C=O) groups is 3. The van der Waals surface area contributed by atoms with Crippen molar-refractivity contribution in [1.82, 2.24) is 4.90 Å². The van der Waals surface area contributed by atoms with Gasteiger partial charge in [0.2, 0.25) is 0 Å². The van der Waals surface area contributed by atoms with E-state index < -0.39 is 12.0 Å². The van der Waals surface area contributed by atoms with Crippen LogP contribution in [-0.2, 0) is 14.9 Å². The van der Waals surface area contributed by atoms with Gasteiger partial charge in [0.15, 0.2) is 0 Å². The predicted octanol–water partition coefficient (Wildman–Crippen LogP) is 3.48. The van der Waals surface area contributed by atoms with Gasteiger partial charge in [0, 0.05) is 5.33 Å². The van der Waals surface area contributed by atoms with Gasteiger partial charge in [-0.3, -0.25) is 19.3 Å². The molecule has 1 unspecified atom stereocenters. The Morgan fingerprint density at radius 1 is 1.04 bits per heavy atom. The van der Waals surface area contributed by atoms with Crippen molar-refractivity contribution in [1.29, 1.82) is 0 Å². The molecule has 2 aromatic rings. The van der Waals surface area contributed by atoms with Crippen molar-refractivity contribution in [3.05, 3.63) is 70.8 Å². The van der Waals surface area contributed by atoms with E-state index in [1.807, 2.05) is 24.3 Å². The lowest BCUT2D eigenvalue weighted by atomic mass is 10.0. The molecule has 0 spiro atoms. The zero-order chi connectivity index (χ0) is 18.0. The Labute approximate surface area is 153 Å². The summed E-state index contributed by atoms with van der Waals surface area (Å²) >= 11 is 3.38. The Morgan fingerprint density at radius 2 is 1.60 bits per heavy atom. The Kier molecular flexibility index (Phi) is 4.99. The zero-order valence-corrected chi connectivity index (χ0v) is 15.2. The third-order valence-electron chi connectivity index (χ3n) is 4.24. The predicted molar refractivity (Wildman–Crippen MR) is 95.4 cm³/mol. The van der Waals surface area contributed by atoms with Gasteiger partial charge in [0.1, 0.15) is 0 Å². The highest BCUT2D eigenvalue weighted by Crippen LogP contribution is 2.33. The second kappa shape index (κ2) is 7.19. The van der Waals surface area contributed by atoms with Gasteiger partial charge in [0.05, 0.1) is 30.7 Å². The van der Waals surface area contributed by atoms with Gasteiger partial charge in [-0.15, -0.1) is 0 Å². The summed E-state index contributed by atoms with van der Waals surface area (Å²) in [6.45, 7) is 0. The third-order valence-corrected chi connectivity index (χ3v) is 4.89. The fourth-order valence-corrected chi connectivity index (χ4v) is 3.29. The molecular weight excluding hydrogens is 386 g/mol. The number of methoxy groups -OCH3 is 1. The summed E-state index contributed by atoms with van der Waals surface area (Å²) in [5, 5.41) is 0.696. The van der Waals surface area contributed by atoms with Gasteiger partial charge in [0.25, 0.3) is 11.8 Å². The molecule has 128 valence electrons. The van der Waals surface area contributed by atoms with Gasteiger partial charge in [-0.25, -0.2) is 0 Å². The van der Waals surface area contributed by atoms with Gasteiger partial charge in [-0.05, 0) is 23.3 Å². The first-order chi connectivity index (χ1) is 12.1. The number of alkyl halides is 1. The van der Waals surface area contributed by atoms with Gasteiger partial charge < -0.3 is 4.74 Å². The molecule has 0 bridgehead atoms. The van der Waals surface area contributed by atoms with E-state index in [1.54, 1.807) is 24.3 Å². The maximum Gasteiger partial charge on any atom is 0.307 e. The summed E-state index contributed by atoms with van der Waals surface area (Å²) in [4.78, 5) is 38.6. The molecule has 0 radical (unpaired) electrons. The van der Waals surface area contributed by atoms with Crippen molar-refractivity contribution in [3.63, 3.8) is 0 Å². The quantitative estimate of drug-likeness (QED) is 0.437. The van der Waals surface area contributed by atoms with Gasteiger partial charge >= 0.3 is 5.97 Å². The monoisotopic (exact) mass is 401 g/mol. The van der Waals surface area contributed by atoms with E-state index in [9.17, 15) is 14.4 Å². The van der Waals surface area contributed by atoms with E-state index in [1.165, 1.54) is 7.11 Å². The van der Waals surface area contributed by atoms with E-state index >= 15 is 0 Å². The second-order valence-electron chi connectivity index (χ2n) is 5.70. The molecule has 2 aromatic carbocycles. The first kappa shape index (κ1) is 17.4. The van der Waals surface area contributed by atoms with Crippen molar-refractivity contribution >= 4 is 33.7 Å². The Bertz CT molecular complexity index is 797. The van der Waals surface area contributed by atoms with Crippen LogP contribution in [0.1, 0.15) is 44.3 Å². The highest BCUT2D eigenvalue weighted by molar-refractivity contribution is 9.08. The summed E-state index contributed by atoms with van der Waals surface area (Å²) in [6, 6.07) is 13.4. The first-order valence-corrected chi connectivity index (χ1v) is 8.87. The van der Waals surface area contributed by atoms with E-state index in [4.69, 9.17) is 4.74 Å². The number of halogens is 1. The maximum absolute atomic E-state index is 12.8. The number of hydrogen-bond donors (Lipinski definition) is 0. The molecule has 0 fully saturated rings. The molecule has 0 aromatic heterocycles. The summed E-state index contributed by atoms with van der Waals surface area (Å²) in [5.74, 6) is -1.26. The lowest BCUT2D eigenvalue weighted by Gasteiger charge is -2.26. The van der Waals surface area contributed by atoms with E-state index in [-0.39, 0.29) is 18.2 Å². The minimum Gasteiger partial charge on any atom is -0.469 e. The molecule has 0 aliphatic carbocycles. The third kappa shape index (κ3) is 3.22. The zero-order valence-electron chi connectivity index (χ0n) is 13.6. The number of nitrogens with zero attached hydrogens (tertiary/aromatic N) is 1. The number of hydrogen-bond acceptors (Lipinski definition) is 4. The van der Waals surface area contributed by atoms with Crippen molar-refractivity contribution in [3.8, 4) is 0 Å². The molecule has 2 amide bonds. The van der Waals surface area contributed by atoms with Crippen molar-refractivity contribution < 1.29 is 19.1 Å². The number of amides is 2. The van der Waals surface area contributed by atoms with Crippen LogP contribution < -0.4 is 0 Å². The van der Waals surface area contributed by atoms with Crippen LogP contribution in [0.3, 0.4) is 0 Å². The van der Waals surface area contributed by atoms with Crippen LogP contribution in [0.25, 0.3) is 0 Å². The highest BCUT2D eigenvalue weighted by atomic mass is 79.9. The van der Waals surface area contributed by atoms with Crippen molar-refractivity contribution in [2.45, 2.75) is 17.8 Å². The summed E-state index contributed by atoms with van der Waals surface area (Å²) in [6.07, 6.45) is -0.0877. The average Bonchev–Trinajstić information content (AvgIpc) is 2.91. The van der Waals surface area contributed by atoms with E-state index in [0.29, 0.717) is 22.0 Å². The summed E-state index contributed by atoms with van der Waals surface area (Å²) in [7, 11) is 1.29. The summed E-state index contributed by atoms with van der Waals surface area (Å²) < 4.78 is 4.76. The first-order valence-electron chi connectivity index (χ1n) is 7.75. The molecule has 1 aliphatic heterocycles. The SMILES string of the molecule is COC(=O)CC(c1ccc(CBr)cc1)N1C(=O)c2ccccc2C1=O. The summed E-state index contributed by atoms with van der Waals surface area (Å²) in [5.41, 5.74) is 2.49. The van der Waals surface area contributed by atoms with Crippen LogP contribution in [0.15, 0.2) is 48.5 Å². The van der Waals surface area contributed by atoms with Crippen LogP contribution in [0.2, 0.25) is 0 Å². The van der Waals surface area contributed by atoms with Crippen LogP contribution in [0, 0.1) is 0 Å². The molecular formula is C19H16BrNO4. The molecule has 5 nitrogen and oxygen atoms in total. The van der Waals surface area contributed by atoms with E-state index in [2.05, 4.69) is 15.9 Å². The normalized spacial score (nSPS) is 14.4. The van der Waals surface area contributed by atoms with Crippen LogP contribution in [-0.4, -0.2) is 29.8 Å². The Balaban J connectivity index is 2.01. The molecule has 0 N–H and O–H groups in total. The van der Waals surface area contributed by atoms with Gasteiger partial charge in [-0.2, -0.15) is 0 Å². The standard InChI is InChI=1S/C19H16BrNO4/c1-25-17(22)10-16(13-8-6-12(11-20)7-9-13)21-18(23)14-4-2-3-5-15(14)19(21)24/h2-9,16H,10-11H2,1H3. The molecule has 6 heteroatoms. The number of ether oxygens (including phenoxy) is 1. The Hall–Kier alpha value is -2.47. The van der Waals surface area contributed by atoms with Crippen LogP contribution in [0.5, 0.6) is 0 Å². The fourth-order valence-electron chi connectivity index (χ4n) is 2.92. The van der Waals surface area contributed by atoms with Crippen LogP contribution in [0.4, 0.5) is 0 Å². The minimum atomic E-state index is -0.704. The molecule has 1 aliphatic rings. The van der Waals surface area contributed by atoms with Crippen molar-refractivity contribution in [2.24, 2.45) is 0 Å². The number of benzene rings is 2. The Morgan fingerprint density at radius 3 is 2.08 bits per heavy atom. The number of rotatable bonds is 5. The number of esters is 1. The molecule has 0 saturated heterocycles. The highest BCUT2D eigenvalue weighted by Gasteiger charge is 2.41. The molecule has 1 atom stereocenters. The molecule has 1 heterocycles.